The van der Waals surface area contributed by atoms with Gasteiger partial charge in [0.2, 0.25) is 6.79 Å². The maximum atomic E-state index is 11.9. The Hall–Kier alpha value is -3.55. The summed E-state index contributed by atoms with van der Waals surface area (Å²) >= 11 is 0. The van der Waals surface area contributed by atoms with Crippen LogP contribution in [0.15, 0.2) is 47.6 Å². The molecule has 1 heterocycles. The molecular formula is C20H21N3O5. The first kappa shape index (κ1) is 19.2. The van der Waals surface area contributed by atoms with E-state index < -0.39 is 11.8 Å². The summed E-state index contributed by atoms with van der Waals surface area (Å²) < 4.78 is 16.0. The molecular weight excluding hydrogens is 362 g/mol. The zero-order chi connectivity index (χ0) is 19.8. The van der Waals surface area contributed by atoms with Gasteiger partial charge in [-0.25, -0.2) is 5.43 Å². The Labute approximate surface area is 162 Å². The van der Waals surface area contributed by atoms with Gasteiger partial charge in [0.25, 0.3) is 0 Å². The molecule has 0 saturated carbocycles. The number of amides is 2. The average Bonchev–Trinajstić information content (AvgIpc) is 3.19. The molecule has 0 bridgehead atoms. The van der Waals surface area contributed by atoms with E-state index >= 15 is 0 Å². The SMILES string of the molecule is CCCOc1ccc(/C=N\NC(=O)C(=O)NCc2ccc3c(c2)OCO3)cc1. The molecule has 2 aromatic carbocycles. The molecule has 0 fully saturated rings. The van der Waals surface area contributed by atoms with Gasteiger partial charge in [-0.15, -0.1) is 0 Å². The Morgan fingerprint density at radius 3 is 2.68 bits per heavy atom. The van der Waals surface area contributed by atoms with Gasteiger partial charge >= 0.3 is 11.8 Å². The van der Waals surface area contributed by atoms with Crippen LogP contribution in [-0.2, 0) is 16.1 Å². The molecule has 0 aliphatic carbocycles. The second kappa shape index (κ2) is 9.40. The summed E-state index contributed by atoms with van der Waals surface area (Å²) in [5.41, 5.74) is 3.76. The quantitative estimate of drug-likeness (QED) is 0.433. The largest absolute Gasteiger partial charge is 0.494 e. The summed E-state index contributed by atoms with van der Waals surface area (Å²) in [6.45, 7) is 3.06. The smallest absolute Gasteiger partial charge is 0.329 e. The number of nitrogens with zero attached hydrogens (tertiary/aromatic N) is 1. The minimum Gasteiger partial charge on any atom is -0.494 e. The highest BCUT2D eigenvalue weighted by Crippen LogP contribution is 2.32. The number of carbonyl (C=O) groups excluding carboxylic acids is 2. The van der Waals surface area contributed by atoms with Gasteiger partial charge < -0.3 is 19.5 Å². The molecule has 0 unspecified atom stereocenters. The number of hydrogen-bond acceptors (Lipinski definition) is 6. The van der Waals surface area contributed by atoms with Crippen molar-refractivity contribution in [1.29, 1.82) is 0 Å². The number of benzene rings is 2. The number of ether oxygens (including phenoxy) is 3. The predicted molar refractivity (Wildman–Crippen MR) is 102 cm³/mol. The zero-order valence-corrected chi connectivity index (χ0v) is 15.4. The minimum absolute atomic E-state index is 0.181. The number of rotatable bonds is 7. The second-order valence-electron chi connectivity index (χ2n) is 5.99. The van der Waals surface area contributed by atoms with Crippen molar-refractivity contribution in [2.24, 2.45) is 5.10 Å². The molecule has 28 heavy (non-hydrogen) atoms. The maximum absolute atomic E-state index is 11.9. The standard InChI is InChI=1S/C20H21N3O5/c1-2-9-26-16-6-3-14(4-7-16)12-22-23-20(25)19(24)21-11-15-5-8-17-18(10-15)28-13-27-17/h3-8,10,12H,2,9,11,13H2,1H3,(H,21,24)(H,23,25)/b22-12-. The number of nitrogens with one attached hydrogen (secondary N) is 2. The lowest BCUT2D eigenvalue weighted by molar-refractivity contribution is -0.139. The van der Waals surface area contributed by atoms with E-state index in [9.17, 15) is 9.59 Å². The van der Waals surface area contributed by atoms with E-state index in [1.54, 1.807) is 30.3 Å². The second-order valence-corrected chi connectivity index (χ2v) is 5.99. The third-order valence-electron chi connectivity index (χ3n) is 3.83. The molecule has 1 aliphatic rings. The van der Waals surface area contributed by atoms with Gasteiger partial charge in [-0.05, 0) is 53.9 Å². The Balaban J connectivity index is 1.43. The van der Waals surface area contributed by atoms with Gasteiger partial charge in [0.1, 0.15) is 5.75 Å². The number of fused-ring (bicyclic) bond motifs is 1. The molecule has 0 aromatic heterocycles. The number of carbonyl (C=O) groups is 2. The first-order valence-corrected chi connectivity index (χ1v) is 8.88. The van der Waals surface area contributed by atoms with Gasteiger partial charge in [-0.1, -0.05) is 13.0 Å². The summed E-state index contributed by atoms with van der Waals surface area (Å²) in [7, 11) is 0. The topological polar surface area (TPSA) is 98.2 Å². The minimum atomic E-state index is -0.847. The van der Waals surface area contributed by atoms with Crippen LogP contribution in [0.2, 0.25) is 0 Å². The van der Waals surface area contributed by atoms with Crippen LogP contribution in [0.5, 0.6) is 17.2 Å². The van der Waals surface area contributed by atoms with E-state index in [0.29, 0.717) is 18.1 Å². The van der Waals surface area contributed by atoms with Crippen LogP contribution >= 0.6 is 0 Å². The van der Waals surface area contributed by atoms with Crippen molar-refractivity contribution in [2.75, 3.05) is 13.4 Å². The molecule has 3 rings (SSSR count). The summed E-state index contributed by atoms with van der Waals surface area (Å²) in [5, 5.41) is 6.32. The average molecular weight is 383 g/mol. The molecule has 146 valence electrons. The fraction of sp³-hybridized carbons (Fsp3) is 0.250. The third-order valence-corrected chi connectivity index (χ3v) is 3.83. The van der Waals surface area contributed by atoms with E-state index in [1.807, 2.05) is 19.1 Å². The lowest BCUT2D eigenvalue weighted by Gasteiger charge is -2.05. The van der Waals surface area contributed by atoms with E-state index in [4.69, 9.17) is 14.2 Å². The number of hydrazone groups is 1. The highest BCUT2D eigenvalue weighted by molar-refractivity contribution is 6.35. The molecule has 2 amide bonds. The van der Waals surface area contributed by atoms with Crippen LogP contribution in [0, 0.1) is 0 Å². The van der Waals surface area contributed by atoms with Crippen LogP contribution < -0.4 is 25.0 Å². The van der Waals surface area contributed by atoms with Gasteiger partial charge in [0, 0.05) is 6.54 Å². The highest BCUT2D eigenvalue weighted by Gasteiger charge is 2.15. The third kappa shape index (κ3) is 5.23. The molecule has 0 spiro atoms. The summed E-state index contributed by atoms with van der Waals surface area (Å²) in [5.74, 6) is 0.419. The van der Waals surface area contributed by atoms with Crippen LogP contribution in [0.4, 0.5) is 0 Å². The van der Waals surface area contributed by atoms with Gasteiger partial charge in [-0.3, -0.25) is 9.59 Å². The van der Waals surface area contributed by atoms with Crippen molar-refractivity contribution in [3.05, 3.63) is 53.6 Å². The van der Waals surface area contributed by atoms with Crippen molar-refractivity contribution < 1.29 is 23.8 Å². The molecule has 8 heteroatoms. The van der Waals surface area contributed by atoms with Crippen molar-refractivity contribution >= 4 is 18.0 Å². The monoisotopic (exact) mass is 383 g/mol. The Morgan fingerprint density at radius 1 is 1.11 bits per heavy atom. The zero-order valence-electron chi connectivity index (χ0n) is 15.4. The lowest BCUT2D eigenvalue weighted by Crippen LogP contribution is -2.37. The molecule has 0 radical (unpaired) electrons. The lowest BCUT2D eigenvalue weighted by atomic mass is 10.2. The molecule has 2 N–H and O–H groups in total. The van der Waals surface area contributed by atoms with Crippen molar-refractivity contribution in [1.82, 2.24) is 10.7 Å². The van der Waals surface area contributed by atoms with E-state index in [-0.39, 0.29) is 13.3 Å². The van der Waals surface area contributed by atoms with Crippen LogP contribution in [0.1, 0.15) is 24.5 Å². The fourth-order valence-electron chi connectivity index (χ4n) is 2.40. The maximum Gasteiger partial charge on any atom is 0.329 e. The van der Waals surface area contributed by atoms with E-state index in [1.165, 1.54) is 6.21 Å². The van der Waals surface area contributed by atoms with Gasteiger partial charge in [0.15, 0.2) is 11.5 Å². The summed E-state index contributed by atoms with van der Waals surface area (Å²) in [4.78, 5) is 23.7. The molecule has 1 aliphatic heterocycles. The normalized spacial score (nSPS) is 12.0. The number of hydrogen-bond donors (Lipinski definition) is 2. The Bertz CT molecular complexity index is 865. The fourth-order valence-corrected chi connectivity index (χ4v) is 2.40. The first-order chi connectivity index (χ1) is 13.7. The Morgan fingerprint density at radius 2 is 1.89 bits per heavy atom. The summed E-state index contributed by atoms with van der Waals surface area (Å²) in [6, 6.07) is 12.5. The van der Waals surface area contributed by atoms with Gasteiger partial charge in [-0.2, -0.15) is 5.10 Å². The first-order valence-electron chi connectivity index (χ1n) is 8.88. The van der Waals surface area contributed by atoms with Crippen molar-refractivity contribution in [3.8, 4) is 17.2 Å². The molecule has 0 saturated heterocycles. The van der Waals surface area contributed by atoms with Crippen molar-refractivity contribution in [3.63, 3.8) is 0 Å². The molecule has 8 nitrogen and oxygen atoms in total. The van der Waals surface area contributed by atoms with E-state index in [0.717, 1.165) is 23.3 Å². The van der Waals surface area contributed by atoms with Gasteiger partial charge in [0.05, 0.1) is 12.8 Å². The van der Waals surface area contributed by atoms with Crippen LogP contribution in [0.3, 0.4) is 0 Å². The van der Waals surface area contributed by atoms with Crippen LogP contribution in [-0.4, -0.2) is 31.4 Å². The molecule has 2 aromatic rings. The predicted octanol–water partition coefficient (Wildman–Crippen LogP) is 1.97. The molecule has 0 atom stereocenters. The van der Waals surface area contributed by atoms with Crippen molar-refractivity contribution in [2.45, 2.75) is 19.9 Å². The Kier molecular flexibility index (Phi) is 6.46. The van der Waals surface area contributed by atoms with E-state index in [2.05, 4.69) is 15.8 Å². The summed E-state index contributed by atoms with van der Waals surface area (Å²) in [6.07, 6.45) is 2.39. The van der Waals surface area contributed by atoms with Crippen LogP contribution in [0.25, 0.3) is 0 Å². The highest BCUT2D eigenvalue weighted by atomic mass is 16.7.